The first kappa shape index (κ1) is 14.1. The third kappa shape index (κ3) is 4.06. The van der Waals surface area contributed by atoms with Gasteiger partial charge in [0.2, 0.25) is 0 Å². The molecule has 1 saturated carbocycles. The Morgan fingerprint density at radius 3 is 2.63 bits per heavy atom. The van der Waals surface area contributed by atoms with E-state index in [1.54, 1.807) is 0 Å². The number of hydrogen-bond acceptors (Lipinski definition) is 2. The second-order valence-corrected chi connectivity index (χ2v) is 5.87. The lowest BCUT2D eigenvalue weighted by Gasteiger charge is -2.17. The normalized spacial score (nSPS) is 16.6. The van der Waals surface area contributed by atoms with Crippen LogP contribution >= 0.6 is 0 Å². The van der Waals surface area contributed by atoms with E-state index in [9.17, 15) is 9.90 Å². The highest BCUT2D eigenvalue weighted by molar-refractivity contribution is 5.73. The largest absolute Gasteiger partial charge is 0.480 e. The highest BCUT2D eigenvalue weighted by Gasteiger charge is 2.26. The highest BCUT2D eigenvalue weighted by atomic mass is 16.4. The molecule has 0 spiro atoms. The van der Waals surface area contributed by atoms with Crippen molar-refractivity contribution >= 4 is 5.97 Å². The van der Waals surface area contributed by atoms with Crippen LogP contribution in [0.3, 0.4) is 0 Å². The number of carboxylic acids is 1. The van der Waals surface area contributed by atoms with Gasteiger partial charge in [-0.2, -0.15) is 0 Å². The molecule has 0 heterocycles. The molecule has 1 atom stereocenters. The van der Waals surface area contributed by atoms with Gasteiger partial charge in [-0.05, 0) is 42.2 Å². The summed E-state index contributed by atoms with van der Waals surface area (Å²) in [5, 5.41) is 12.4. The van der Waals surface area contributed by atoms with Crippen molar-refractivity contribution < 1.29 is 9.90 Å². The van der Waals surface area contributed by atoms with Gasteiger partial charge in [-0.1, -0.05) is 38.1 Å². The van der Waals surface area contributed by atoms with E-state index in [2.05, 4.69) is 37.4 Å². The summed E-state index contributed by atoms with van der Waals surface area (Å²) in [4.78, 5) is 11.2. The van der Waals surface area contributed by atoms with Gasteiger partial charge < -0.3 is 10.4 Å². The minimum absolute atomic E-state index is 0.382. The average molecular weight is 261 g/mol. The molecule has 0 aliphatic heterocycles. The lowest BCUT2D eigenvalue weighted by atomic mass is 10.0. The Morgan fingerprint density at radius 1 is 1.37 bits per heavy atom. The number of carboxylic acid groups (broad SMARTS) is 1. The van der Waals surface area contributed by atoms with Crippen molar-refractivity contribution in [3.05, 3.63) is 35.4 Å². The molecular weight excluding hydrogens is 238 g/mol. The monoisotopic (exact) mass is 261 g/mol. The van der Waals surface area contributed by atoms with Gasteiger partial charge in [0.15, 0.2) is 0 Å². The van der Waals surface area contributed by atoms with Crippen molar-refractivity contribution in [2.24, 2.45) is 5.92 Å². The van der Waals surface area contributed by atoms with E-state index in [0.29, 0.717) is 24.8 Å². The number of hydrogen-bond donors (Lipinski definition) is 2. The first-order valence-corrected chi connectivity index (χ1v) is 7.12. The van der Waals surface area contributed by atoms with E-state index in [0.717, 1.165) is 0 Å². The minimum Gasteiger partial charge on any atom is -0.480 e. The van der Waals surface area contributed by atoms with Gasteiger partial charge in [0.05, 0.1) is 0 Å². The summed E-state index contributed by atoms with van der Waals surface area (Å²) >= 11 is 0. The van der Waals surface area contributed by atoms with E-state index in [-0.39, 0.29) is 0 Å². The molecule has 1 aliphatic carbocycles. The summed E-state index contributed by atoms with van der Waals surface area (Å²) in [5.74, 6) is 0.330. The SMILES string of the molecule is CC(C)CC(NCc1ccccc1C1CC1)C(=O)O. The third-order valence-electron chi connectivity index (χ3n) is 3.62. The Morgan fingerprint density at radius 2 is 2.05 bits per heavy atom. The molecule has 0 bridgehead atoms. The molecule has 1 unspecified atom stereocenters. The minimum atomic E-state index is -0.752. The van der Waals surface area contributed by atoms with Crippen LogP contribution in [0.5, 0.6) is 0 Å². The molecule has 104 valence electrons. The molecule has 1 aromatic carbocycles. The Hall–Kier alpha value is -1.35. The van der Waals surface area contributed by atoms with Crippen LogP contribution in [0.4, 0.5) is 0 Å². The zero-order valence-corrected chi connectivity index (χ0v) is 11.7. The van der Waals surface area contributed by atoms with Crippen LogP contribution < -0.4 is 5.32 Å². The highest BCUT2D eigenvalue weighted by Crippen LogP contribution is 2.41. The van der Waals surface area contributed by atoms with Gasteiger partial charge in [0.1, 0.15) is 6.04 Å². The molecule has 3 heteroatoms. The summed E-state index contributed by atoms with van der Waals surface area (Å²) in [6, 6.07) is 7.93. The van der Waals surface area contributed by atoms with Crippen molar-refractivity contribution in [2.45, 2.75) is 51.6 Å². The molecule has 1 aromatic rings. The lowest BCUT2D eigenvalue weighted by Crippen LogP contribution is -2.37. The summed E-state index contributed by atoms with van der Waals surface area (Å²) in [6.07, 6.45) is 3.21. The fourth-order valence-electron chi connectivity index (χ4n) is 2.46. The molecular formula is C16H23NO2. The summed E-state index contributed by atoms with van der Waals surface area (Å²) in [7, 11) is 0. The van der Waals surface area contributed by atoms with Gasteiger partial charge in [-0.15, -0.1) is 0 Å². The first-order valence-electron chi connectivity index (χ1n) is 7.12. The molecule has 1 fully saturated rings. The first-order chi connectivity index (χ1) is 9.08. The second-order valence-electron chi connectivity index (χ2n) is 5.87. The second kappa shape index (κ2) is 6.20. The molecule has 2 N–H and O–H groups in total. The molecule has 0 saturated heterocycles. The van der Waals surface area contributed by atoms with Crippen LogP contribution in [0.25, 0.3) is 0 Å². The number of carbonyl (C=O) groups is 1. The molecule has 0 radical (unpaired) electrons. The van der Waals surface area contributed by atoms with Crippen LogP contribution in [0.1, 0.15) is 50.2 Å². The van der Waals surface area contributed by atoms with E-state index in [4.69, 9.17) is 0 Å². The number of nitrogens with one attached hydrogen (secondary N) is 1. The maximum absolute atomic E-state index is 11.2. The van der Waals surface area contributed by atoms with Crippen molar-refractivity contribution in [1.29, 1.82) is 0 Å². The maximum atomic E-state index is 11.2. The summed E-state index contributed by atoms with van der Waals surface area (Å²) in [5.41, 5.74) is 2.64. The standard InChI is InChI=1S/C16H23NO2/c1-11(2)9-15(16(18)19)17-10-13-5-3-4-6-14(13)12-7-8-12/h3-6,11-12,15,17H,7-10H2,1-2H3,(H,18,19). The van der Waals surface area contributed by atoms with Gasteiger partial charge >= 0.3 is 5.97 Å². The Balaban J connectivity index is 1.98. The van der Waals surface area contributed by atoms with Crippen LogP contribution in [-0.2, 0) is 11.3 Å². The van der Waals surface area contributed by atoms with E-state index in [1.165, 1.54) is 24.0 Å². The molecule has 0 aromatic heterocycles. The van der Waals surface area contributed by atoms with E-state index >= 15 is 0 Å². The fourth-order valence-corrected chi connectivity index (χ4v) is 2.46. The van der Waals surface area contributed by atoms with Crippen molar-refractivity contribution in [3.8, 4) is 0 Å². The predicted octanol–water partition coefficient (Wildman–Crippen LogP) is 3.15. The van der Waals surface area contributed by atoms with E-state index in [1.807, 2.05) is 6.07 Å². The van der Waals surface area contributed by atoms with Crippen molar-refractivity contribution in [1.82, 2.24) is 5.32 Å². The van der Waals surface area contributed by atoms with Gasteiger partial charge in [0, 0.05) is 6.54 Å². The Kier molecular flexibility index (Phi) is 4.59. The Bertz CT molecular complexity index is 438. The quantitative estimate of drug-likeness (QED) is 0.792. The smallest absolute Gasteiger partial charge is 0.320 e. The van der Waals surface area contributed by atoms with Crippen molar-refractivity contribution in [2.75, 3.05) is 0 Å². The van der Waals surface area contributed by atoms with Crippen LogP contribution in [-0.4, -0.2) is 17.1 Å². The number of rotatable bonds is 7. The molecule has 1 aliphatic rings. The van der Waals surface area contributed by atoms with E-state index < -0.39 is 12.0 Å². The zero-order valence-electron chi connectivity index (χ0n) is 11.7. The number of benzene rings is 1. The number of aliphatic carboxylic acids is 1. The fraction of sp³-hybridized carbons (Fsp3) is 0.562. The topological polar surface area (TPSA) is 49.3 Å². The zero-order chi connectivity index (χ0) is 13.8. The van der Waals surface area contributed by atoms with Crippen molar-refractivity contribution in [3.63, 3.8) is 0 Å². The molecule has 19 heavy (non-hydrogen) atoms. The maximum Gasteiger partial charge on any atom is 0.320 e. The van der Waals surface area contributed by atoms with Gasteiger partial charge in [-0.3, -0.25) is 4.79 Å². The Labute approximate surface area is 115 Å². The lowest BCUT2D eigenvalue weighted by molar-refractivity contribution is -0.140. The van der Waals surface area contributed by atoms with Crippen LogP contribution in [0.15, 0.2) is 24.3 Å². The summed E-state index contributed by atoms with van der Waals surface area (Å²) < 4.78 is 0. The third-order valence-corrected chi connectivity index (χ3v) is 3.62. The average Bonchev–Trinajstić information content (AvgIpc) is 3.18. The van der Waals surface area contributed by atoms with Crippen LogP contribution in [0, 0.1) is 5.92 Å². The molecule has 3 nitrogen and oxygen atoms in total. The molecule has 2 rings (SSSR count). The van der Waals surface area contributed by atoms with Gasteiger partial charge in [-0.25, -0.2) is 0 Å². The molecule has 0 amide bonds. The summed E-state index contributed by atoms with van der Waals surface area (Å²) in [6.45, 7) is 4.75. The van der Waals surface area contributed by atoms with Crippen LogP contribution in [0.2, 0.25) is 0 Å². The predicted molar refractivity (Wildman–Crippen MR) is 76.1 cm³/mol. The van der Waals surface area contributed by atoms with Gasteiger partial charge in [0.25, 0.3) is 0 Å².